The summed E-state index contributed by atoms with van der Waals surface area (Å²) in [7, 11) is 0. The molecule has 1 aromatic rings. The molecule has 3 atom stereocenters. The van der Waals surface area contributed by atoms with Gasteiger partial charge in [0.1, 0.15) is 11.9 Å². The Kier molecular flexibility index (Phi) is 5.74. The lowest BCUT2D eigenvalue weighted by atomic mass is 9.92. The average molecular weight is 332 g/mol. The van der Waals surface area contributed by atoms with Crippen molar-refractivity contribution in [3.8, 4) is 5.75 Å². The summed E-state index contributed by atoms with van der Waals surface area (Å²) in [6, 6.07) is 6.57. The maximum atomic E-state index is 12.4. The number of ether oxygens (including phenoxy) is 2. The molecular formula is C19H28N2O3. The minimum absolute atomic E-state index is 0.110. The quantitative estimate of drug-likeness (QED) is 0.867. The zero-order valence-electron chi connectivity index (χ0n) is 14.6. The van der Waals surface area contributed by atoms with Crippen molar-refractivity contribution in [2.75, 3.05) is 19.8 Å². The summed E-state index contributed by atoms with van der Waals surface area (Å²) < 4.78 is 11.5. The molecule has 5 nitrogen and oxygen atoms in total. The second-order valence-corrected chi connectivity index (χ2v) is 7.01. The van der Waals surface area contributed by atoms with Crippen LogP contribution in [-0.2, 0) is 16.1 Å². The van der Waals surface area contributed by atoms with Gasteiger partial charge < -0.3 is 20.1 Å². The van der Waals surface area contributed by atoms with Crippen LogP contribution in [0, 0.1) is 12.8 Å². The Balaban J connectivity index is 1.60. The van der Waals surface area contributed by atoms with Gasteiger partial charge in [-0.1, -0.05) is 12.1 Å². The van der Waals surface area contributed by atoms with Gasteiger partial charge in [-0.25, -0.2) is 0 Å². The van der Waals surface area contributed by atoms with Crippen LogP contribution in [-0.4, -0.2) is 37.8 Å². The Morgan fingerprint density at radius 2 is 2.29 bits per heavy atom. The smallest absolute Gasteiger partial charge is 0.223 e. The molecule has 1 amide bonds. The Bertz CT molecular complexity index is 570. The normalized spacial score (nSPS) is 27.0. The van der Waals surface area contributed by atoms with E-state index in [-0.39, 0.29) is 17.9 Å². The van der Waals surface area contributed by atoms with E-state index in [4.69, 9.17) is 9.47 Å². The lowest BCUT2D eigenvalue weighted by Crippen LogP contribution is -2.42. The van der Waals surface area contributed by atoms with Gasteiger partial charge in [0.2, 0.25) is 5.91 Å². The standard InChI is InChI=1S/C19H28N2O3/c1-13-3-4-16(18(9-13)24-17-6-8-23-12-17)11-21-19(22)15-5-7-20-14(2)10-15/h3-4,9,14-15,17,20H,5-8,10-12H2,1-2H3,(H,21,22)/t14-,15-,17?/m0/s1. The molecule has 2 aliphatic heterocycles. The van der Waals surface area contributed by atoms with E-state index in [0.717, 1.165) is 49.3 Å². The van der Waals surface area contributed by atoms with E-state index in [0.29, 0.717) is 19.2 Å². The number of benzene rings is 1. The molecule has 2 aliphatic rings. The molecule has 1 aromatic carbocycles. The van der Waals surface area contributed by atoms with Gasteiger partial charge in [-0.05, 0) is 44.9 Å². The van der Waals surface area contributed by atoms with E-state index in [2.05, 4.69) is 30.5 Å². The van der Waals surface area contributed by atoms with Gasteiger partial charge in [0.25, 0.3) is 0 Å². The molecule has 0 spiro atoms. The van der Waals surface area contributed by atoms with Crippen molar-refractivity contribution in [1.82, 2.24) is 10.6 Å². The fourth-order valence-electron chi connectivity index (χ4n) is 3.40. The second-order valence-electron chi connectivity index (χ2n) is 7.01. The minimum Gasteiger partial charge on any atom is -0.488 e. The van der Waals surface area contributed by atoms with Crippen LogP contribution in [0.3, 0.4) is 0 Å². The van der Waals surface area contributed by atoms with Gasteiger partial charge in [-0.3, -0.25) is 4.79 Å². The topological polar surface area (TPSA) is 59.6 Å². The molecule has 2 fully saturated rings. The highest BCUT2D eigenvalue weighted by molar-refractivity contribution is 5.78. The molecule has 0 aromatic heterocycles. The highest BCUT2D eigenvalue weighted by Gasteiger charge is 2.25. The fraction of sp³-hybridized carbons (Fsp3) is 0.632. The molecule has 0 saturated carbocycles. The molecule has 132 valence electrons. The molecule has 24 heavy (non-hydrogen) atoms. The van der Waals surface area contributed by atoms with Crippen molar-refractivity contribution in [2.24, 2.45) is 5.92 Å². The van der Waals surface area contributed by atoms with Crippen LogP contribution >= 0.6 is 0 Å². The summed E-state index contributed by atoms with van der Waals surface area (Å²) in [5, 5.41) is 6.48. The maximum Gasteiger partial charge on any atom is 0.223 e. The van der Waals surface area contributed by atoms with Crippen molar-refractivity contribution in [3.05, 3.63) is 29.3 Å². The van der Waals surface area contributed by atoms with Crippen LogP contribution in [0.15, 0.2) is 18.2 Å². The summed E-state index contributed by atoms with van der Waals surface area (Å²) in [5.41, 5.74) is 2.19. The number of aryl methyl sites for hydroxylation is 1. The number of carbonyl (C=O) groups is 1. The molecular weight excluding hydrogens is 304 g/mol. The van der Waals surface area contributed by atoms with E-state index in [1.807, 2.05) is 12.1 Å². The molecule has 2 saturated heterocycles. The van der Waals surface area contributed by atoms with Crippen LogP contribution in [0.5, 0.6) is 5.75 Å². The monoisotopic (exact) mass is 332 g/mol. The van der Waals surface area contributed by atoms with E-state index >= 15 is 0 Å². The predicted molar refractivity (Wildman–Crippen MR) is 93.1 cm³/mol. The number of hydrogen-bond donors (Lipinski definition) is 2. The lowest BCUT2D eigenvalue weighted by molar-refractivity contribution is -0.126. The summed E-state index contributed by atoms with van der Waals surface area (Å²) >= 11 is 0. The van der Waals surface area contributed by atoms with Crippen LogP contribution in [0.1, 0.15) is 37.3 Å². The Morgan fingerprint density at radius 3 is 3.04 bits per heavy atom. The molecule has 0 aliphatic carbocycles. The molecule has 2 heterocycles. The first-order valence-corrected chi connectivity index (χ1v) is 8.97. The van der Waals surface area contributed by atoms with E-state index < -0.39 is 0 Å². The molecule has 2 N–H and O–H groups in total. The Labute approximate surface area is 144 Å². The molecule has 1 unspecified atom stereocenters. The maximum absolute atomic E-state index is 12.4. The van der Waals surface area contributed by atoms with Crippen molar-refractivity contribution in [3.63, 3.8) is 0 Å². The molecule has 5 heteroatoms. The Morgan fingerprint density at radius 1 is 1.42 bits per heavy atom. The second kappa shape index (κ2) is 7.99. The number of nitrogens with one attached hydrogen (secondary N) is 2. The molecule has 0 radical (unpaired) electrons. The van der Waals surface area contributed by atoms with E-state index in [1.54, 1.807) is 0 Å². The number of hydrogen-bond acceptors (Lipinski definition) is 4. The number of piperidine rings is 1. The van der Waals surface area contributed by atoms with Crippen molar-refractivity contribution in [1.29, 1.82) is 0 Å². The molecule has 0 bridgehead atoms. The SMILES string of the molecule is Cc1ccc(CNC(=O)[C@H]2CCN[C@@H](C)C2)c(OC2CCOC2)c1. The van der Waals surface area contributed by atoms with Crippen LogP contribution in [0.2, 0.25) is 0 Å². The van der Waals surface area contributed by atoms with E-state index in [9.17, 15) is 4.79 Å². The summed E-state index contributed by atoms with van der Waals surface area (Å²) in [6.45, 7) is 7.02. The first-order chi connectivity index (χ1) is 11.6. The third kappa shape index (κ3) is 4.48. The Hall–Kier alpha value is -1.59. The highest BCUT2D eigenvalue weighted by atomic mass is 16.5. The zero-order chi connectivity index (χ0) is 16.9. The number of rotatable bonds is 5. The van der Waals surface area contributed by atoms with Gasteiger partial charge in [0, 0.05) is 30.5 Å². The number of amides is 1. The number of carbonyl (C=O) groups excluding carboxylic acids is 1. The van der Waals surface area contributed by atoms with Crippen LogP contribution in [0.25, 0.3) is 0 Å². The van der Waals surface area contributed by atoms with Gasteiger partial charge in [0.15, 0.2) is 0 Å². The third-order valence-corrected chi connectivity index (χ3v) is 4.85. The zero-order valence-corrected chi connectivity index (χ0v) is 14.6. The molecule has 3 rings (SSSR count). The van der Waals surface area contributed by atoms with E-state index in [1.165, 1.54) is 0 Å². The van der Waals surface area contributed by atoms with Crippen LogP contribution < -0.4 is 15.4 Å². The van der Waals surface area contributed by atoms with Crippen molar-refractivity contribution < 1.29 is 14.3 Å². The predicted octanol–water partition coefficient (Wildman–Crippen LogP) is 2.17. The van der Waals surface area contributed by atoms with Gasteiger partial charge in [0.05, 0.1) is 13.2 Å². The third-order valence-electron chi connectivity index (χ3n) is 4.85. The van der Waals surface area contributed by atoms with Gasteiger partial charge in [-0.15, -0.1) is 0 Å². The summed E-state index contributed by atoms with van der Waals surface area (Å²) in [4.78, 5) is 12.4. The van der Waals surface area contributed by atoms with Gasteiger partial charge in [-0.2, -0.15) is 0 Å². The van der Waals surface area contributed by atoms with Crippen molar-refractivity contribution >= 4 is 5.91 Å². The highest BCUT2D eigenvalue weighted by Crippen LogP contribution is 2.24. The lowest BCUT2D eigenvalue weighted by Gasteiger charge is -2.27. The van der Waals surface area contributed by atoms with Crippen LogP contribution in [0.4, 0.5) is 0 Å². The average Bonchev–Trinajstić information content (AvgIpc) is 3.07. The summed E-state index contributed by atoms with van der Waals surface area (Å²) in [5.74, 6) is 1.13. The van der Waals surface area contributed by atoms with Crippen molar-refractivity contribution in [2.45, 2.75) is 51.8 Å². The van der Waals surface area contributed by atoms with Gasteiger partial charge >= 0.3 is 0 Å². The summed E-state index contributed by atoms with van der Waals surface area (Å²) in [6.07, 6.45) is 2.86. The minimum atomic E-state index is 0.110. The fourth-order valence-corrected chi connectivity index (χ4v) is 3.40. The first-order valence-electron chi connectivity index (χ1n) is 8.97. The first kappa shape index (κ1) is 17.2. The largest absolute Gasteiger partial charge is 0.488 e.